The molecule has 0 aliphatic carbocycles. The molecule has 0 unspecified atom stereocenters. The number of aromatic nitrogens is 2. The normalized spacial score (nSPS) is 25.0. The largest absolute Gasteiger partial charge is 0.376 e. The van der Waals surface area contributed by atoms with Gasteiger partial charge in [-0.05, 0) is 25.7 Å². The molecule has 6 heteroatoms. The molecule has 0 saturated carbocycles. The molecule has 112 valence electrons. The van der Waals surface area contributed by atoms with Crippen molar-refractivity contribution in [3.63, 3.8) is 0 Å². The monoisotopic (exact) mass is 288 g/mol. The number of carbonyl (C=O) groups is 1. The maximum Gasteiger partial charge on any atom is 0.257 e. The van der Waals surface area contributed by atoms with E-state index in [1.165, 1.54) is 12.8 Å². The highest BCUT2D eigenvalue weighted by Crippen LogP contribution is 2.25. The second-order valence-electron chi connectivity index (χ2n) is 6.05. The number of anilines is 1. The summed E-state index contributed by atoms with van der Waals surface area (Å²) in [6.07, 6.45) is 6.43. The molecule has 0 radical (unpaired) electrons. The van der Waals surface area contributed by atoms with Gasteiger partial charge in [-0.3, -0.25) is 4.79 Å². The predicted octanol–water partition coefficient (Wildman–Crippen LogP) is 1.21. The van der Waals surface area contributed by atoms with E-state index in [1.807, 2.05) is 4.90 Å². The Kier molecular flexibility index (Phi) is 3.25. The first-order valence-electron chi connectivity index (χ1n) is 7.83. The van der Waals surface area contributed by atoms with E-state index in [2.05, 4.69) is 14.9 Å². The van der Waals surface area contributed by atoms with Crippen molar-refractivity contribution in [1.29, 1.82) is 0 Å². The van der Waals surface area contributed by atoms with E-state index in [1.54, 1.807) is 6.20 Å². The summed E-state index contributed by atoms with van der Waals surface area (Å²) < 4.78 is 5.63. The van der Waals surface area contributed by atoms with Crippen LogP contribution in [-0.4, -0.2) is 53.1 Å². The number of amides is 1. The van der Waals surface area contributed by atoms with E-state index in [-0.39, 0.29) is 12.0 Å². The lowest BCUT2D eigenvalue weighted by molar-refractivity contribution is 0.0544. The van der Waals surface area contributed by atoms with Gasteiger partial charge in [0.25, 0.3) is 5.91 Å². The van der Waals surface area contributed by atoms with Crippen molar-refractivity contribution in [1.82, 2.24) is 14.9 Å². The summed E-state index contributed by atoms with van der Waals surface area (Å²) >= 11 is 0. The van der Waals surface area contributed by atoms with E-state index >= 15 is 0 Å². The third kappa shape index (κ3) is 2.37. The van der Waals surface area contributed by atoms with Crippen LogP contribution in [0.4, 0.5) is 5.95 Å². The predicted molar refractivity (Wildman–Crippen MR) is 77.2 cm³/mol. The van der Waals surface area contributed by atoms with Gasteiger partial charge in [-0.25, -0.2) is 9.97 Å². The second-order valence-corrected chi connectivity index (χ2v) is 6.05. The number of nitrogens with zero attached hydrogens (tertiary/aromatic N) is 4. The number of hydrogen-bond donors (Lipinski definition) is 0. The zero-order valence-electron chi connectivity index (χ0n) is 12.1. The highest BCUT2D eigenvalue weighted by molar-refractivity contribution is 5.97. The molecule has 21 heavy (non-hydrogen) atoms. The molecular formula is C15H20N4O2. The fraction of sp³-hybridized carbons (Fsp3) is 0.667. The van der Waals surface area contributed by atoms with Crippen molar-refractivity contribution in [3.05, 3.63) is 17.5 Å². The zero-order chi connectivity index (χ0) is 14.2. The molecule has 1 aromatic heterocycles. The van der Waals surface area contributed by atoms with E-state index in [0.717, 1.165) is 44.2 Å². The van der Waals surface area contributed by atoms with Crippen LogP contribution in [-0.2, 0) is 11.3 Å². The molecule has 0 spiro atoms. The molecule has 4 heterocycles. The average Bonchev–Trinajstić information content (AvgIpc) is 3.22. The molecule has 1 amide bonds. The minimum absolute atomic E-state index is 0.0495. The lowest BCUT2D eigenvalue weighted by atomic mass is 10.2. The summed E-state index contributed by atoms with van der Waals surface area (Å²) in [4.78, 5) is 25.5. The smallest absolute Gasteiger partial charge is 0.257 e. The maximum absolute atomic E-state index is 12.4. The standard InChI is InChI=1S/C15H20N4O2/c20-14-12-8-16-15(18-5-1-2-6-18)17-13(12)10-19(14)9-11-4-3-7-21-11/h8,11H,1-7,9-10H2/t11-/m1/s1. The van der Waals surface area contributed by atoms with Gasteiger partial charge in [-0.1, -0.05) is 0 Å². The maximum atomic E-state index is 12.4. The third-order valence-electron chi connectivity index (χ3n) is 4.55. The van der Waals surface area contributed by atoms with Crippen LogP contribution in [0.3, 0.4) is 0 Å². The van der Waals surface area contributed by atoms with Crippen molar-refractivity contribution in [2.75, 3.05) is 31.1 Å². The van der Waals surface area contributed by atoms with Gasteiger partial charge in [0, 0.05) is 32.4 Å². The summed E-state index contributed by atoms with van der Waals surface area (Å²) in [6, 6.07) is 0. The summed E-state index contributed by atoms with van der Waals surface area (Å²) in [5.41, 5.74) is 1.53. The van der Waals surface area contributed by atoms with Gasteiger partial charge in [0.1, 0.15) is 0 Å². The number of rotatable bonds is 3. The summed E-state index contributed by atoms with van der Waals surface area (Å²) in [5, 5.41) is 0. The van der Waals surface area contributed by atoms with Crippen LogP contribution < -0.4 is 4.90 Å². The molecule has 3 aliphatic rings. The highest BCUT2D eigenvalue weighted by Gasteiger charge is 2.32. The molecular weight excluding hydrogens is 268 g/mol. The lowest BCUT2D eigenvalue weighted by Gasteiger charge is -2.19. The van der Waals surface area contributed by atoms with Crippen molar-refractivity contribution in [2.24, 2.45) is 0 Å². The molecule has 4 rings (SSSR count). The fourth-order valence-corrected chi connectivity index (χ4v) is 3.38. The van der Waals surface area contributed by atoms with Crippen LogP contribution in [0.25, 0.3) is 0 Å². The number of ether oxygens (including phenoxy) is 1. The van der Waals surface area contributed by atoms with Gasteiger partial charge in [0.05, 0.1) is 23.9 Å². The van der Waals surface area contributed by atoms with Crippen LogP contribution in [0, 0.1) is 0 Å². The summed E-state index contributed by atoms with van der Waals surface area (Å²) in [6.45, 7) is 4.13. The number of hydrogen-bond acceptors (Lipinski definition) is 5. The summed E-state index contributed by atoms with van der Waals surface area (Å²) in [7, 11) is 0. The second kappa shape index (κ2) is 5.26. The van der Waals surface area contributed by atoms with Crippen molar-refractivity contribution < 1.29 is 9.53 Å². The van der Waals surface area contributed by atoms with Gasteiger partial charge in [-0.15, -0.1) is 0 Å². The number of fused-ring (bicyclic) bond motifs is 1. The molecule has 0 aromatic carbocycles. The minimum Gasteiger partial charge on any atom is -0.376 e. The molecule has 2 saturated heterocycles. The SMILES string of the molecule is O=C1c2cnc(N3CCCC3)nc2CN1C[C@H]1CCCO1. The molecule has 6 nitrogen and oxygen atoms in total. The van der Waals surface area contributed by atoms with Crippen molar-refractivity contribution in [3.8, 4) is 0 Å². The van der Waals surface area contributed by atoms with E-state index in [0.29, 0.717) is 18.7 Å². The first kappa shape index (κ1) is 13.0. The van der Waals surface area contributed by atoms with E-state index in [4.69, 9.17) is 4.74 Å². The van der Waals surface area contributed by atoms with E-state index in [9.17, 15) is 4.79 Å². The quantitative estimate of drug-likeness (QED) is 0.837. The van der Waals surface area contributed by atoms with Crippen LogP contribution in [0.2, 0.25) is 0 Å². The third-order valence-corrected chi connectivity index (χ3v) is 4.55. The van der Waals surface area contributed by atoms with Gasteiger partial charge < -0.3 is 14.5 Å². The van der Waals surface area contributed by atoms with Crippen LogP contribution in [0.1, 0.15) is 41.7 Å². The number of carbonyl (C=O) groups excluding carboxylic acids is 1. The van der Waals surface area contributed by atoms with E-state index < -0.39 is 0 Å². The Morgan fingerprint density at radius 1 is 1.29 bits per heavy atom. The summed E-state index contributed by atoms with van der Waals surface area (Å²) in [5.74, 6) is 0.825. The van der Waals surface area contributed by atoms with Gasteiger partial charge >= 0.3 is 0 Å². The van der Waals surface area contributed by atoms with Gasteiger partial charge in [0.15, 0.2) is 0 Å². The van der Waals surface area contributed by atoms with Crippen molar-refractivity contribution >= 4 is 11.9 Å². The first-order valence-corrected chi connectivity index (χ1v) is 7.83. The lowest BCUT2D eigenvalue weighted by Crippen LogP contribution is -2.32. The first-order chi connectivity index (χ1) is 10.3. The molecule has 1 aromatic rings. The molecule has 2 fully saturated rings. The fourth-order valence-electron chi connectivity index (χ4n) is 3.38. The Morgan fingerprint density at radius 2 is 2.14 bits per heavy atom. The topological polar surface area (TPSA) is 58.6 Å². The molecule has 0 N–H and O–H groups in total. The Bertz CT molecular complexity index is 551. The average molecular weight is 288 g/mol. The minimum atomic E-state index is 0.0495. The Balaban J connectivity index is 1.51. The van der Waals surface area contributed by atoms with Gasteiger partial charge in [-0.2, -0.15) is 0 Å². The molecule has 1 atom stereocenters. The molecule has 0 bridgehead atoms. The van der Waals surface area contributed by atoms with Crippen LogP contribution >= 0.6 is 0 Å². The zero-order valence-corrected chi connectivity index (χ0v) is 12.1. The van der Waals surface area contributed by atoms with Crippen LogP contribution in [0.15, 0.2) is 6.20 Å². The van der Waals surface area contributed by atoms with Gasteiger partial charge in [0.2, 0.25) is 5.95 Å². The highest BCUT2D eigenvalue weighted by atomic mass is 16.5. The Morgan fingerprint density at radius 3 is 2.90 bits per heavy atom. The Hall–Kier alpha value is -1.69. The van der Waals surface area contributed by atoms with Crippen LogP contribution in [0.5, 0.6) is 0 Å². The van der Waals surface area contributed by atoms with Crippen molar-refractivity contribution in [2.45, 2.75) is 38.3 Å². The molecule has 3 aliphatic heterocycles. The Labute approximate surface area is 124 Å².